The third-order valence-corrected chi connectivity index (χ3v) is 3.10. The predicted octanol–water partition coefficient (Wildman–Crippen LogP) is 3.20. The molecule has 0 unspecified atom stereocenters. The third-order valence-electron chi connectivity index (χ3n) is 2.80. The number of pyridine rings is 1. The van der Waals surface area contributed by atoms with Crippen LogP contribution in [-0.2, 0) is 4.79 Å². The van der Waals surface area contributed by atoms with Crippen molar-refractivity contribution in [3.8, 4) is 11.8 Å². The second kappa shape index (κ2) is 7.82. The average molecular weight is 329 g/mol. The van der Waals surface area contributed by atoms with Crippen molar-refractivity contribution >= 4 is 29.0 Å². The lowest BCUT2D eigenvalue weighted by molar-refractivity contribution is -0.112. The first kappa shape index (κ1) is 16.3. The number of hydrogen-bond donors (Lipinski definition) is 2. The van der Waals surface area contributed by atoms with Crippen molar-refractivity contribution in [2.45, 2.75) is 0 Å². The highest BCUT2D eigenvalue weighted by molar-refractivity contribution is 6.32. The normalized spacial score (nSPS) is 10.6. The molecule has 0 aliphatic rings. The van der Waals surface area contributed by atoms with E-state index < -0.39 is 5.91 Å². The molecule has 0 aliphatic heterocycles. The van der Waals surface area contributed by atoms with Crippen molar-refractivity contribution in [2.75, 3.05) is 17.7 Å². The number of benzene rings is 1. The van der Waals surface area contributed by atoms with Gasteiger partial charge in [-0.3, -0.25) is 4.79 Å². The molecule has 1 aromatic heterocycles. The smallest absolute Gasteiger partial charge is 0.267 e. The van der Waals surface area contributed by atoms with Gasteiger partial charge >= 0.3 is 0 Å². The highest BCUT2D eigenvalue weighted by Crippen LogP contribution is 2.27. The molecule has 0 aliphatic carbocycles. The number of amides is 1. The Hall–Kier alpha value is -3.04. The lowest BCUT2D eigenvalue weighted by Crippen LogP contribution is -2.14. The summed E-state index contributed by atoms with van der Waals surface area (Å²) in [5.41, 5.74) is 0.363. The fraction of sp³-hybridized carbons (Fsp3) is 0.0625. The molecule has 2 N–H and O–H groups in total. The van der Waals surface area contributed by atoms with Crippen molar-refractivity contribution in [2.24, 2.45) is 0 Å². The molecule has 1 aromatic carbocycles. The summed E-state index contributed by atoms with van der Waals surface area (Å²) in [6.07, 6.45) is 2.89. The SMILES string of the molecule is COc1ccc(NC(=O)/C(C#N)=C\Nc2ccccn2)cc1Cl. The molecule has 0 spiro atoms. The topological polar surface area (TPSA) is 87.0 Å². The summed E-state index contributed by atoms with van der Waals surface area (Å²) in [5.74, 6) is 0.468. The van der Waals surface area contributed by atoms with Gasteiger partial charge in [-0.05, 0) is 30.3 Å². The number of ether oxygens (including phenoxy) is 1. The number of rotatable bonds is 5. The van der Waals surface area contributed by atoms with Gasteiger partial charge in [-0.1, -0.05) is 17.7 Å². The Morgan fingerprint density at radius 1 is 1.39 bits per heavy atom. The molecule has 2 aromatic rings. The maximum absolute atomic E-state index is 12.1. The summed E-state index contributed by atoms with van der Waals surface area (Å²) in [7, 11) is 1.50. The Morgan fingerprint density at radius 3 is 2.83 bits per heavy atom. The monoisotopic (exact) mass is 328 g/mol. The Labute approximate surface area is 138 Å². The predicted molar refractivity (Wildman–Crippen MR) is 88.2 cm³/mol. The van der Waals surface area contributed by atoms with Crippen LogP contribution >= 0.6 is 11.6 Å². The van der Waals surface area contributed by atoms with Crippen molar-refractivity contribution < 1.29 is 9.53 Å². The van der Waals surface area contributed by atoms with Crippen molar-refractivity contribution in [3.05, 3.63) is 59.4 Å². The molecule has 1 amide bonds. The van der Waals surface area contributed by atoms with Gasteiger partial charge in [0.1, 0.15) is 23.2 Å². The Morgan fingerprint density at radius 2 is 2.22 bits per heavy atom. The summed E-state index contributed by atoms with van der Waals surface area (Å²) in [5, 5.41) is 14.8. The first-order valence-electron chi connectivity index (χ1n) is 6.56. The van der Waals surface area contributed by atoms with Gasteiger partial charge in [0.2, 0.25) is 0 Å². The number of hydrogen-bond acceptors (Lipinski definition) is 5. The van der Waals surface area contributed by atoms with Gasteiger partial charge in [-0.15, -0.1) is 0 Å². The minimum absolute atomic E-state index is 0.0948. The largest absolute Gasteiger partial charge is 0.495 e. The zero-order valence-corrected chi connectivity index (χ0v) is 13.0. The minimum atomic E-state index is -0.558. The van der Waals surface area contributed by atoms with Gasteiger partial charge in [0.15, 0.2) is 0 Å². The summed E-state index contributed by atoms with van der Waals surface area (Å²) >= 11 is 5.99. The van der Waals surface area contributed by atoms with E-state index >= 15 is 0 Å². The van der Waals surface area contributed by atoms with E-state index in [1.165, 1.54) is 13.3 Å². The van der Waals surface area contributed by atoms with Crippen LogP contribution in [0, 0.1) is 11.3 Å². The molecule has 7 heteroatoms. The zero-order chi connectivity index (χ0) is 16.7. The summed E-state index contributed by atoms with van der Waals surface area (Å²) < 4.78 is 5.04. The van der Waals surface area contributed by atoms with Gasteiger partial charge in [0, 0.05) is 18.1 Å². The molecular formula is C16H13ClN4O2. The highest BCUT2D eigenvalue weighted by Gasteiger charge is 2.10. The van der Waals surface area contributed by atoms with Crippen LogP contribution in [0.15, 0.2) is 54.4 Å². The molecule has 116 valence electrons. The van der Waals surface area contributed by atoms with E-state index in [9.17, 15) is 4.79 Å². The summed E-state index contributed by atoms with van der Waals surface area (Å²) in [4.78, 5) is 16.1. The van der Waals surface area contributed by atoms with Crippen molar-refractivity contribution in [3.63, 3.8) is 0 Å². The van der Waals surface area contributed by atoms with Gasteiger partial charge in [0.25, 0.3) is 5.91 Å². The number of aromatic nitrogens is 1. The molecule has 0 bridgehead atoms. The van der Waals surface area contributed by atoms with Crippen LogP contribution in [0.1, 0.15) is 0 Å². The fourth-order valence-corrected chi connectivity index (χ4v) is 1.94. The van der Waals surface area contributed by atoms with Crippen molar-refractivity contribution in [1.82, 2.24) is 4.98 Å². The molecule has 1 heterocycles. The quantitative estimate of drug-likeness (QED) is 0.650. The van der Waals surface area contributed by atoms with Crippen LogP contribution < -0.4 is 15.4 Å². The third kappa shape index (κ3) is 4.46. The molecule has 6 nitrogen and oxygen atoms in total. The standard InChI is InChI=1S/C16H13ClN4O2/c1-23-14-6-5-12(8-13(14)17)21-16(22)11(9-18)10-20-15-4-2-3-7-19-15/h2-8,10H,1H3,(H,19,20)(H,21,22)/b11-10-. The van der Waals surface area contributed by atoms with E-state index in [-0.39, 0.29) is 5.57 Å². The van der Waals surface area contributed by atoms with Crippen LogP contribution in [0.4, 0.5) is 11.5 Å². The molecule has 0 saturated heterocycles. The Balaban J connectivity index is 2.08. The van der Waals surface area contributed by atoms with Crippen LogP contribution in [0.2, 0.25) is 5.02 Å². The van der Waals surface area contributed by atoms with E-state index in [1.807, 2.05) is 6.07 Å². The van der Waals surface area contributed by atoms with E-state index in [4.69, 9.17) is 21.6 Å². The summed E-state index contributed by atoms with van der Waals surface area (Å²) in [6, 6.07) is 11.9. The number of anilines is 2. The maximum Gasteiger partial charge on any atom is 0.267 e. The van der Waals surface area contributed by atoms with Gasteiger partial charge in [0.05, 0.1) is 12.1 Å². The van der Waals surface area contributed by atoms with Gasteiger partial charge in [-0.25, -0.2) is 4.98 Å². The average Bonchev–Trinajstić information content (AvgIpc) is 2.56. The Bertz CT molecular complexity index is 769. The van der Waals surface area contributed by atoms with E-state index in [1.54, 1.807) is 42.6 Å². The number of nitrogens with one attached hydrogen (secondary N) is 2. The second-order valence-corrected chi connectivity index (χ2v) is 4.74. The number of carbonyl (C=O) groups is 1. The molecular weight excluding hydrogens is 316 g/mol. The Kier molecular flexibility index (Phi) is 5.56. The van der Waals surface area contributed by atoms with E-state index in [0.29, 0.717) is 22.3 Å². The lowest BCUT2D eigenvalue weighted by Gasteiger charge is -2.07. The maximum atomic E-state index is 12.1. The van der Waals surface area contributed by atoms with Crippen LogP contribution in [-0.4, -0.2) is 18.0 Å². The zero-order valence-electron chi connectivity index (χ0n) is 12.2. The van der Waals surface area contributed by atoms with E-state index in [0.717, 1.165) is 0 Å². The molecule has 0 fully saturated rings. The van der Waals surface area contributed by atoms with Gasteiger partial charge in [-0.2, -0.15) is 5.26 Å². The second-order valence-electron chi connectivity index (χ2n) is 4.33. The lowest BCUT2D eigenvalue weighted by atomic mass is 10.2. The number of halogens is 1. The number of nitrogens with zero attached hydrogens (tertiary/aromatic N) is 2. The minimum Gasteiger partial charge on any atom is -0.495 e. The number of methoxy groups -OCH3 is 1. The molecule has 23 heavy (non-hydrogen) atoms. The fourth-order valence-electron chi connectivity index (χ4n) is 1.69. The molecule has 0 radical (unpaired) electrons. The van der Waals surface area contributed by atoms with Gasteiger partial charge < -0.3 is 15.4 Å². The molecule has 0 atom stereocenters. The highest BCUT2D eigenvalue weighted by atomic mass is 35.5. The molecule has 0 saturated carbocycles. The van der Waals surface area contributed by atoms with E-state index in [2.05, 4.69) is 15.6 Å². The number of nitriles is 1. The first-order valence-corrected chi connectivity index (χ1v) is 6.94. The first-order chi connectivity index (χ1) is 11.1. The van der Waals surface area contributed by atoms with Crippen LogP contribution in [0.3, 0.4) is 0 Å². The summed E-state index contributed by atoms with van der Waals surface area (Å²) in [6.45, 7) is 0. The molecule has 2 rings (SSSR count). The van der Waals surface area contributed by atoms with Crippen LogP contribution in [0.25, 0.3) is 0 Å². The van der Waals surface area contributed by atoms with Crippen molar-refractivity contribution in [1.29, 1.82) is 5.26 Å². The van der Waals surface area contributed by atoms with Crippen LogP contribution in [0.5, 0.6) is 5.75 Å². The number of carbonyl (C=O) groups excluding carboxylic acids is 1.